The first-order valence-corrected chi connectivity index (χ1v) is 5.07. The van der Waals surface area contributed by atoms with Gasteiger partial charge >= 0.3 is 0 Å². The van der Waals surface area contributed by atoms with Crippen molar-refractivity contribution in [3.63, 3.8) is 0 Å². The quantitative estimate of drug-likeness (QED) is 0.658. The summed E-state index contributed by atoms with van der Waals surface area (Å²) < 4.78 is 12.6. The summed E-state index contributed by atoms with van der Waals surface area (Å²) in [6, 6.07) is 2.69. The summed E-state index contributed by atoms with van der Waals surface area (Å²) in [6.07, 6.45) is 2.33. The van der Waals surface area contributed by atoms with Gasteiger partial charge in [0.2, 0.25) is 5.95 Å². The molecular formula is C11H13FN2O. The Morgan fingerprint density at radius 3 is 2.93 bits per heavy atom. The molecule has 1 aromatic rings. The lowest BCUT2D eigenvalue weighted by Crippen LogP contribution is -2.28. The van der Waals surface area contributed by atoms with Crippen molar-refractivity contribution in [2.24, 2.45) is 5.92 Å². The third kappa shape index (κ3) is 2.14. The van der Waals surface area contributed by atoms with Crippen LogP contribution in [0.3, 0.4) is 0 Å². The first-order valence-electron chi connectivity index (χ1n) is 5.07. The molecule has 0 spiro atoms. The van der Waals surface area contributed by atoms with Gasteiger partial charge in [0.1, 0.15) is 0 Å². The topological polar surface area (TPSA) is 33.2 Å². The first kappa shape index (κ1) is 10.1. The summed E-state index contributed by atoms with van der Waals surface area (Å²) in [5, 5.41) is 0. The van der Waals surface area contributed by atoms with Gasteiger partial charge in [-0.3, -0.25) is 4.79 Å². The molecule has 0 aliphatic carbocycles. The van der Waals surface area contributed by atoms with Gasteiger partial charge < -0.3 is 4.90 Å². The monoisotopic (exact) mass is 208 g/mol. The van der Waals surface area contributed by atoms with Crippen LogP contribution in [0.25, 0.3) is 0 Å². The van der Waals surface area contributed by atoms with Crippen molar-refractivity contribution in [3.05, 3.63) is 29.8 Å². The highest BCUT2D eigenvalue weighted by Gasteiger charge is 2.24. The van der Waals surface area contributed by atoms with Crippen molar-refractivity contribution >= 4 is 5.91 Å². The SMILES string of the molecule is CC1CCN(C(=O)c2ccc(F)nc2)C1. The van der Waals surface area contributed by atoms with Crippen LogP contribution < -0.4 is 0 Å². The fourth-order valence-corrected chi connectivity index (χ4v) is 1.80. The van der Waals surface area contributed by atoms with Crippen LogP contribution in [-0.2, 0) is 0 Å². The van der Waals surface area contributed by atoms with Crippen LogP contribution in [0.5, 0.6) is 0 Å². The van der Waals surface area contributed by atoms with Crippen molar-refractivity contribution < 1.29 is 9.18 Å². The lowest BCUT2D eigenvalue weighted by atomic mass is 10.2. The van der Waals surface area contributed by atoms with Gasteiger partial charge in [-0.15, -0.1) is 0 Å². The smallest absolute Gasteiger partial charge is 0.255 e. The molecule has 2 heterocycles. The van der Waals surface area contributed by atoms with Crippen molar-refractivity contribution in [1.82, 2.24) is 9.88 Å². The normalized spacial score (nSPS) is 20.7. The summed E-state index contributed by atoms with van der Waals surface area (Å²) in [5.41, 5.74) is 0.463. The minimum atomic E-state index is -0.554. The van der Waals surface area contributed by atoms with Gasteiger partial charge in [0.25, 0.3) is 5.91 Å². The maximum atomic E-state index is 12.6. The molecule has 0 bridgehead atoms. The van der Waals surface area contributed by atoms with Crippen LogP contribution >= 0.6 is 0 Å². The van der Waals surface area contributed by atoms with Crippen LogP contribution in [0, 0.1) is 11.9 Å². The Morgan fingerprint density at radius 1 is 1.60 bits per heavy atom. The summed E-state index contributed by atoms with van der Waals surface area (Å²) in [4.78, 5) is 17.1. The Balaban J connectivity index is 2.11. The second-order valence-electron chi connectivity index (χ2n) is 4.01. The van der Waals surface area contributed by atoms with E-state index in [1.165, 1.54) is 18.3 Å². The molecule has 80 valence electrons. The second kappa shape index (κ2) is 3.96. The maximum absolute atomic E-state index is 12.6. The van der Waals surface area contributed by atoms with E-state index in [0.29, 0.717) is 11.5 Å². The summed E-state index contributed by atoms with van der Waals surface area (Å²) in [7, 11) is 0. The molecule has 1 aliphatic heterocycles. The van der Waals surface area contributed by atoms with Crippen LogP contribution in [0.4, 0.5) is 4.39 Å². The number of carbonyl (C=O) groups is 1. The molecule has 0 saturated carbocycles. The number of carbonyl (C=O) groups excluding carboxylic acids is 1. The second-order valence-corrected chi connectivity index (χ2v) is 4.01. The van der Waals surface area contributed by atoms with E-state index in [1.54, 1.807) is 4.90 Å². The number of halogens is 1. The lowest BCUT2D eigenvalue weighted by Gasteiger charge is -2.15. The number of likely N-dealkylation sites (tertiary alicyclic amines) is 1. The third-order valence-corrected chi connectivity index (χ3v) is 2.69. The van der Waals surface area contributed by atoms with Gasteiger partial charge in [0, 0.05) is 19.3 Å². The third-order valence-electron chi connectivity index (χ3n) is 2.69. The number of amides is 1. The zero-order chi connectivity index (χ0) is 10.8. The van der Waals surface area contributed by atoms with Crippen LogP contribution in [-0.4, -0.2) is 28.9 Å². The van der Waals surface area contributed by atoms with E-state index in [1.807, 2.05) is 0 Å². The summed E-state index contributed by atoms with van der Waals surface area (Å²) >= 11 is 0. The minimum absolute atomic E-state index is 0.0492. The largest absolute Gasteiger partial charge is 0.338 e. The molecule has 1 amide bonds. The predicted molar refractivity (Wildman–Crippen MR) is 53.9 cm³/mol. The van der Waals surface area contributed by atoms with E-state index >= 15 is 0 Å². The summed E-state index contributed by atoms with van der Waals surface area (Å²) in [5.74, 6) is -0.0458. The molecule has 1 unspecified atom stereocenters. The van der Waals surface area contributed by atoms with Crippen LogP contribution in [0.1, 0.15) is 23.7 Å². The van der Waals surface area contributed by atoms with E-state index in [9.17, 15) is 9.18 Å². The van der Waals surface area contributed by atoms with Gasteiger partial charge in [-0.2, -0.15) is 4.39 Å². The highest BCUT2D eigenvalue weighted by Crippen LogP contribution is 2.17. The Kier molecular flexibility index (Phi) is 2.66. The minimum Gasteiger partial charge on any atom is -0.338 e. The standard InChI is InChI=1S/C11H13FN2O/c1-8-4-5-14(7-8)11(15)9-2-3-10(12)13-6-9/h2-3,6,8H,4-5,7H2,1H3. The highest BCUT2D eigenvalue weighted by atomic mass is 19.1. The Morgan fingerprint density at radius 2 is 2.40 bits per heavy atom. The molecule has 3 nitrogen and oxygen atoms in total. The average Bonchev–Trinajstić information content (AvgIpc) is 2.65. The molecule has 4 heteroatoms. The molecule has 1 fully saturated rings. The molecule has 2 rings (SSSR count). The Labute approximate surface area is 87.9 Å². The zero-order valence-corrected chi connectivity index (χ0v) is 8.61. The number of aromatic nitrogens is 1. The number of hydrogen-bond donors (Lipinski definition) is 0. The highest BCUT2D eigenvalue weighted by molar-refractivity contribution is 5.94. The Hall–Kier alpha value is -1.45. The number of nitrogens with zero attached hydrogens (tertiary/aromatic N) is 2. The van der Waals surface area contributed by atoms with Crippen molar-refractivity contribution in [2.45, 2.75) is 13.3 Å². The predicted octanol–water partition coefficient (Wildman–Crippen LogP) is 1.70. The molecule has 0 radical (unpaired) electrons. The van der Waals surface area contributed by atoms with Crippen molar-refractivity contribution in [2.75, 3.05) is 13.1 Å². The van der Waals surface area contributed by atoms with Gasteiger partial charge in [-0.1, -0.05) is 6.92 Å². The van der Waals surface area contributed by atoms with E-state index in [0.717, 1.165) is 19.5 Å². The average molecular weight is 208 g/mol. The lowest BCUT2D eigenvalue weighted by molar-refractivity contribution is 0.0787. The summed E-state index contributed by atoms with van der Waals surface area (Å²) in [6.45, 7) is 3.70. The van der Waals surface area contributed by atoms with Gasteiger partial charge in [0.05, 0.1) is 5.56 Å². The van der Waals surface area contributed by atoms with Gasteiger partial charge in [-0.25, -0.2) is 4.98 Å². The molecule has 1 aromatic heterocycles. The Bertz CT molecular complexity index is 363. The number of pyridine rings is 1. The fraction of sp³-hybridized carbons (Fsp3) is 0.455. The van der Waals surface area contributed by atoms with E-state index < -0.39 is 5.95 Å². The zero-order valence-electron chi connectivity index (χ0n) is 8.61. The van der Waals surface area contributed by atoms with Crippen molar-refractivity contribution in [1.29, 1.82) is 0 Å². The van der Waals surface area contributed by atoms with Gasteiger partial charge in [0.15, 0.2) is 0 Å². The van der Waals surface area contributed by atoms with E-state index in [2.05, 4.69) is 11.9 Å². The molecule has 1 atom stereocenters. The first-order chi connectivity index (χ1) is 7.16. The molecule has 1 saturated heterocycles. The molecule has 0 aromatic carbocycles. The fourth-order valence-electron chi connectivity index (χ4n) is 1.80. The van der Waals surface area contributed by atoms with Crippen LogP contribution in [0.15, 0.2) is 18.3 Å². The van der Waals surface area contributed by atoms with E-state index in [-0.39, 0.29) is 5.91 Å². The van der Waals surface area contributed by atoms with E-state index in [4.69, 9.17) is 0 Å². The molecule has 1 aliphatic rings. The molecule has 0 N–H and O–H groups in total. The number of hydrogen-bond acceptors (Lipinski definition) is 2. The number of rotatable bonds is 1. The molecule has 15 heavy (non-hydrogen) atoms. The van der Waals surface area contributed by atoms with Gasteiger partial charge in [-0.05, 0) is 24.5 Å². The molecular weight excluding hydrogens is 195 g/mol. The van der Waals surface area contributed by atoms with Crippen LogP contribution in [0.2, 0.25) is 0 Å². The maximum Gasteiger partial charge on any atom is 0.255 e. The van der Waals surface area contributed by atoms with Crippen molar-refractivity contribution in [3.8, 4) is 0 Å².